The van der Waals surface area contributed by atoms with Gasteiger partial charge >= 0.3 is 17.9 Å². The van der Waals surface area contributed by atoms with Crippen LogP contribution in [0.4, 0.5) is 0 Å². The van der Waals surface area contributed by atoms with Crippen molar-refractivity contribution in [2.75, 3.05) is 13.2 Å². The lowest BCUT2D eigenvalue weighted by molar-refractivity contribution is -0.167. The molecule has 0 radical (unpaired) electrons. The number of hydrogen-bond donors (Lipinski definition) is 0. The van der Waals surface area contributed by atoms with E-state index < -0.39 is 6.10 Å². The molecule has 0 rings (SSSR count). The first-order chi connectivity index (χ1) is 30.0. The highest BCUT2D eigenvalue weighted by atomic mass is 16.6. The molecule has 0 saturated heterocycles. The Morgan fingerprint density at radius 2 is 0.607 bits per heavy atom. The molecule has 0 bridgehead atoms. The van der Waals surface area contributed by atoms with Crippen molar-refractivity contribution in [1.82, 2.24) is 0 Å². The van der Waals surface area contributed by atoms with E-state index in [1.807, 2.05) is 0 Å². The minimum atomic E-state index is -0.789. The molecule has 0 aliphatic rings. The van der Waals surface area contributed by atoms with Crippen molar-refractivity contribution in [3.8, 4) is 0 Å². The predicted octanol–water partition coefficient (Wildman–Crippen LogP) is 17.1. The minimum Gasteiger partial charge on any atom is -0.462 e. The van der Waals surface area contributed by atoms with Crippen LogP contribution in [-0.2, 0) is 28.6 Å². The van der Waals surface area contributed by atoms with Gasteiger partial charge in [-0.05, 0) is 77.0 Å². The van der Waals surface area contributed by atoms with Crippen LogP contribution in [0.1, 0.15) is 265 Å². The summed E-state index contributed by atoms with van der Waals surface area (Å²) < 4.78 is 16.8. The Bertz CT molecular complexity index is 1070. The molecule has 1 atom stereocenters. The SMILES string of the molecule is CCCC/C=C\CCCCCCCC(=O)O[C@H](COC(=O)CCCC/C=C\C/C=C\C/C=C\CCCCC)COC(=O)CCCCCCCCCCCCCCCCCCC. The van der Waals surface area contributed by atoms with Gasteiger partial charge in [-0.25, -0.2) is 0 Å². The van der Waals surface area contributed by atoms with Gasteiger partial charge in [0.1, 0.15) is 13.2 Å². The van der Waals surface area contributed by atoms with Gasteiger partial charge in [-0.3, -0.25) is 14.4 Å². The maximum absolute atomic E-state index is 12.8. The quantitative estimate of drug-likeness (QED) is 0.0263. The summed E-state index contributed by atoms with van der Waals surface area (Å²) in [5, 5.41) is 0. The minimum absolute atomic E-state index is 0.0862. The van der Waals surface area contributed by atoms with Gasteiger partial charge in [0, 0.05) is 19.3 Å². The van der Waals surface area contributed by atoms with Gasteiger partial charge in [-0.2, -0.15) is 0 Å². The standard InChI is InChI=1S/C55H98O6/c1-4-7-10-13-16-19-22-24-26-27-29-31-34-36-39-42-45-48-54(57)60-51-52(61-55(58)49-46-43-40-37-32-21-18-15-12-9-6-3)50-59-53(56)47-44-41-38-35-33-30-28-25-23-20-17-14-11-8-5-2/h15,17-18,20,25,28,33,35,52H,4-14,16,19,21-24,26-27,29-32,34,36-51H2,1-3H3/b18-15-,20-17-,28-25-,35-33-/t52-/m1/s1. The molecule has 0 amide bonds. The van der Waals surface area contributed by atoms with Crippen molar-refractivity contribution in [3.05, 3.63) is 48.6 Å². The number of carbonyl (C=O) groups excluding carboxylic acids is 3. The summed E-state index contributed by atoms with van der Waals surface area (Å²) >= 11 is 0. The second-order valence-electron chi connectivity index (χ2n) is 17.4. The molecule has 6 heteroatoms. The number of carbonyl (C=O) groups is 3. The molecule has 0 saturated carbocycles. The van der Waals surface area contributed by atoms with Crippen LogP contribution in [0.3, 0.4) is 0 Å². The van der Waals surface area contributed by atoms with E-state index in [4.69, 9.17) is 14.2 Å². The van der Waals surface area contributed by atoms with Gasteiger partial charge in [-0.1, -0.05) is 217 Å². The molecule has 0 aliphatic heterocycles. The predicted molar refractivity (Wildman–Crippen MR) is 261 cm³/mol. The lowest BCUT2D eigenvalue weighted by Gasteiger charge is -2.18. The zero-order valence-corrected chi connectivity index (χ0v) is 40.4. The van der Waals surface area contributed by atoms with E-state index in [1.165, 1.54) is 141 Å². The van der Waals surface area contributed by atoms with E-state index in [0.29, 0.717) is 19.3 Å². The molecule has 61 heavy (non-hydrogen) atoms. The van der Waals surface area contributed by atoms with Crippen molar-refractivity contribution in [1.29, 1.82) is 0 Å². The molecule has 6 nitrogen and oxygen atoms in total. The van der Waals surface area contributed by atoms with Crippen molar-refractivity contribution in [3.63, 3.8) is 0 Å². The van der Waals surface area contributed by atoms with E-state index in [2.05, 4.69) is 69.4 Å². The Morgan fingerprint density at radius 1 is 0.328 bits per heavy atom. The molecular weight excluding hydrogens is 757 g/mol. The Kier molecular flexibility index (Phi) is 47.9. The summed E-state index contributed by atoms with van der Waals surface area (Å²) in [7, 11) is 0. The molecule has 0 fully saturated rings. The zero-order chi connectivity index (χ0) is 44.4. The van der Waals surface area contributed by atoms with Crippen LogP contribution in [0.15, 0.2) is 48.6 Å². The largest absolute Gasteiger partial charge is 0.462 e. The van der Waals surface area contributed by atoms with Crippen LogP contribution >= 0.6 is 0 Å². The van der Waals surface area contributed by atoms with Crippen LogP contribution in [0, 0.1) is 0 Å². The highest BCUT2D eigenvalue weighted by Gasteiger charge is 2.19. The van der Waals surface area contributed by atoms with Crippen molar-refractivity contribution < 1.29 is 28.6 Å². The first-order valence-electron chi connectivity index (χ1n) is 26.1. The number of hydrogen-bond acceptors (Lipinski definition) is 6. The third kappa shape index (κ3) is 48.3. The molecule has 0 heterocycles. The average Bonchev–Trinajstić information content (AvgIpc) is 3.26. The summed E-state index contributed by atoms with van der Waals surface area (Å²) in [6, 6.07) is 0. The van der Waals surface area contributed by atoms with Crippen LogP contribution in [0.2, 0.25) is 0 Å². The topological polar surface area (TPSA) is 78.9 Å². The zero-order valence-electron chi connectivity index (χ0n) is 40.4. The lowest BCUT2D eigenvalue weighted by atomic mass is 10.0. The first-order valence-corrected chi connectivity index (χ1v) is 26.1. The summed E-state index contributed by atoms with van der Waals surface area (Å²) in [4.78, 5) is 37.9. The van der Waals surface area contributed by atoms with Gasteiger partial charge in [0.05, 0.1) is 0 Å². The number of ether oxygens (including phenoxy) is 3. The summed E-state index contributed by atoms with van der Waals surface area (Å²) in [5.41, 5.74) is 0. The lowest BCUT2D eigenvalue weighted by Crippen LogP contribution is -2.30. The van der Waals surface area contributed by atoms with Crippen LogP contribution in [0.25, 0.3) is 0 Å². The van der Waals surface area contributed by atoms with Crippen molar-refractivity contribution in [2.24, 2.45) is 0 Å². The Balaban J connectivity index is 4.37. The third-order valence-electron chi connectivity index (χ3n) is 11.3. The summed E-state index contributed by atoms with van der Waals surface area (Å²) in [6.45, 7) is 6.55. The van der Waals surface area contributed by atoms with E-state index in [0.717, 1.165) is 83.5 Å². The Hall–Kier alpha value is -2.63. The van der Waals surface area contributed by atoms with Gasteiger partial charge in [0.15, 0.2) is 6.10 Å². The molecule has 0 aromatic rings. The monoisotopic (exact) mass is 855 g/mol. The van der Waals surface area contributed by atoms with Gasteiger partial charge in [0.2, 0.25) is 0 Å². The molecule has 0 aromatic heterocycles. The van der Waals surface area contributed by atoms with Gasteiger partial charge in [0.25, 0.3) is 0 Å². The number of allylic oxidation sites excluding steroid dienone is 8. The van der Waals surface area contributed by atoms with Crippen LogP contribution < -0.4 is 0 Å². The molecule has 0 spiro atoms. The second-order valence-corrected chi connectivity index (χ2v) is 17.4. The van der Waals surface area contributed by atoms with Crippen molar-refractivity contribution >= 4 is 17.9 Å². The fourth-order valence-corrected chi connectivity index (χ4v) is 7.31. The van der Waals surface area contributed by atoms with Crippen molar-refractivity contribution in [2.45, 2.75) is 271 Å². The van der Waals surface area contributed by atoms with Crippen LogP contribution in [-0.4, -0.2) is 37.2 Å². The molecule has 0 N–H and O–H groups in total. The van der Waals surface area contributed by atoms with Gasteiger partial charge in [-0.15, -0.1) is 0 Å². The molecule has 0 unspecified atom stereocenters. The smallest absolute Gasteiger partial charge is 0.306 e. The maximum Gasteiger partial charge on any atom is 0.306 e. The van der Waals surface area contributed by atoms with E-state index in [1.54, 1.807) is 0 Å². The average molecular weight is 855 g/mol. The molecular formula is C55H98O6. The van der Waals surface area contributed by atoms with E-state index in [9.17, 15) is 14.4 Å². The molecule has 0 aliphatic carbocycles. The molecule has 354 valence electrons. The van der Waals surface area contributed by atoms with E-state index in [-0.39, 0.29) is 31.1 Å². The fourth-order valence-electron chi connectivity index (χ4n) is 7.31. The molecule has 0 aromatic carbocycles. The number of esters is 3. The van der Waals surface area contributed by atoms with Crippen LogP contribution in [0.5, 0.6) is 0 Å². The third-order valence-corrected chi connectivity index (χ3v) is 11.3. The highest BCUT2D eigenvalue weighted by molar-refractivity contribution is 5.71. The van der Waals surface area contributed by atoms with Gasteiger partial charge < -0.3 is 14.2 Å². The Morgan fingerprint density at radius 3 is 1.05 bits per heavy atom. The normalized spacial score (nSPS) is 12.4. The number of unbranched alkanes of at least 4 members (excludes halogenated alkanes) is 28. The Labute approximate surface area is 378 Å². The first kappa shape index (κ1) is 58.4. The highest BCUT2D eigenvalue weighted by Crippen LogP contribution is 2.15. The second kappa shape index (κ2) is 50.0. The summed E-state index contributed by atoms with van der Waals surface area (Å²) in [6.07, 6.45) is 59.5. The fraction of sp³-hybridized carbons (Fsp3) is 0.800. The maximum atomic E-state index is 12.8. The van der Waals surface area contributed by atoms with E-state index >= 15 is 0 Å². The summed E-state index contributed by atoms with van der Waals surface area (Å²) in [5.74, 6) is -0.929. The number of rotatable bonds is 47.